The summed E-state index contributed by atoms with van der Waals surface area (Å²) in [6.07, 6.45) is 14.4. The number of allylic oxidation sites excluding steroid dienone is 2. The maximum absolute atomic E-state index is 12.9. The van der Waals surface area contributed by atoms with Crippen molar-refractivity contribution in [3.63, 3.8) is 0 Å². The van der Waals surface area contributed by atoms with E-state index in [1.54, 1.807) is 45.3 Å². The fourth-order valence-electron chi connectivity index (χ4n) is 7.53. The van der Waals surface area contributed by atoms with Crippen LogP contribution in [0.2, 0.25) is 0 Å². The zero-order valence-electron chi connectivity index (χ0n) is 31.2. The van der Waals surface area contributed by atoms with Crippen LogP contribution >= 0.6 is 0 Å². The Morgan fingerprint density at radius 1 is 1.16 bits per heavy atom. The quantitative estimate of drug-likeness (QED) is 0.0657. The second-order valence-electron chi connectivity index (χ2n) is 15.3. The molecule has 0 spiro atoms. The van der Waals surface area contributed by atoms with E-state index in [1.165, 1.54) is 45.4 Å². The molecule has 4 N–H and O–H groups in total. The molecule has 0 bridgehead atoms. The van der Waals surface area contributed by atoms with Gasteiger partial charge in [-0.15, -0.1) is 0 Å². The van der Waals surface area contributed by atoms with E-state index < -0.39 is 41.5 Å². The first-order chi connectivity index (χ1) is 23.1. The first-order valence-electron chi connectivity index (χ1n) is 18.5. The molecule has 3 unspecified atom stereocenters. The highest BCUT2D eigenvalue weighted by molar-refractivity contribution is 5.70. The summed E-state index contributed by atoms with van der Waals surface area (Å²) in [4.78, 5) is 24.7. The highest BCUT2D eigenvalue weighted by atomic mass is 16.6. The van der Waals surface area contributed by atoms with E-state index in [2.05, 4.69) is 19.2 Å². The maximum Gasteiger partial charge on any atom is 0.309 e. The molecule has 3 rings (SSSR count). The number of nitrogens with one attached hydrogen (secondary N) is 1. The van der Waals surface area contributed by atoms with Crippen LogP contribution in [0.15, 0.2) is 36.0 Å². The molecule has 280 valence electrons. The first kappa shape index (κ1) is 41.3. The summed E-state index contributed by atoms with van der Waals surface area (Å²) in [5.41, 5.74) is -1.97. The molecule has 0 aromatic rings. The molecule has 1 saturated carbocycles. The molecule has 0 aromatic heterocycles. The van der Waals surface area contributed by atoms with Crippen molar-refractivity contribution < 1.29 is 43.9 Å². The average molecular weight is 692 g/mol. The monoisotopic (exact) mass is 691 g/mol. The van der Waals surface area contributed by atoms with Gasteiger partial charge in [-0.3, -0.25) is 9.59 Å². The molecule has 2 heterocycles. The SMILES string of the molecule is CC[C@H](OC)[C@@H](C)C1O[C@@H]1C(NCC1CCCCCC1)C(C)(O)/C=C/C=C(\C)[C@H]1OC(=O)C[C@H](O)CC[C@@](C)(O)[C@@H](OC(C)=O)/C=C/[C@@H]1C. The summed E-state index contributed by atoms with van der Waals surface area (Å²) in [7, 11) is 1.73. The average Bonchev–Trinajstić information content (AvgIpc) is 3.85. The second-order valence-corrected chi connectivity index (χ2v) is 15.3. The molecular formula is C39H65NO9. The van der Waals surface area contributed by atoms with E-state index in [9.17, 15) is 24.9 Å². The van der Waals surface area contributed by atoms with Gasteiger partial charge < -0.3 is 39.6 Å². The van der Waals surface area contributed by atoms with Crippen molar-refractivity contribution in [1.29, 1.82) is 0 Å². The van der Waals surface area contributed by atoms with Crippen LogP contribution in [0.3, 0.4) is 0 Å². The Labute approximate surface area is 294 Å². The van der Waals surface area contributed by atoms with Gasteiger partial charge >= 0.3 is 11.9 Å². The maximum atomic E-state index is 12.9. The lowest BCUT2D eigenvalue weighted by molar-refractivity contribution is -0.157. The van der Waals surface area contributed by atoms with Gasteiger partial charge in [-0.1, -0.05) is 70.8 Å². The predicted octanol–water partition coefficient (Wildman–Crippen LogP) is 5.33. The highest BCUT2D eigenvalue weighted by Crippen LogP contribution is 2.39. The molecule has 10 nitrogen and oxygen atoms in total. The number of rotatable bonds is 13. The predicted molar refractivity (Wildman–Crippen MR) is 190 cm³/mol. The molecule has 0 aromatic carbocycles. The normalized spacial score (nSPS) is 34.8. The fraction of sp³-hybridized carbons (Fsp3) is 0.795. The third-order valence-corrected chi connectivity index (χ3v) is 10.8. The van der Waals surface area contributed by atoms with Crippen molar-refractivity contribution in [3.05, 3.63) is 36.0 Å². The number of carbonyl (C=O) groups is 2. The molecule has 11 atom stereocenters. The van der Waals surface area contributed by atoms with Crippen LogP contribution in [0, 0.1) is 17.8 Å². The van der Waals surface area contributed by atoms with E-state index in [0.717, 1.165) is 18.5 Å². The molecule has 1 saturated heterocycles. The minimum atomic E-state index is -1.44. The second kappa shape index (κ2) is 19.0. The van der Waals surface area contributed by atoms with Gasteiger partial charge in [0.2, 0.25) is 0 Å². The van der Waals surface area contributed by atoms with Crippen LogP contribution in [0.25, 0.3) is 0 Å². The van der Waals surface area contributed by atoms with Gasteiger partial charge in [0.15, 0.2) is 0 Å². The number of aliphatic hydroxyl groups is 3. The standard InChI is InChI=1S/C39H65NO9/c1-9-31(46-8)27(4)35-36(49-35)37(40-24-29-16-12-10-11-13-17-29)39(7,45)21-14-15-25(2)34-26(3)18-19-32(47-28(5)41)38(6,44)22-20-30(42)23-33(43)48-34/h14-15,18-19,21,26-27,29-32,34-37,40,42,44-45H,9-13,16-17,20,22-24H2,1-8H3/b19-18+,21-14+,25-15+/t26-,27+,30+,31-,32-,34+,35?,36-,37?,38+,39?/m0/s1. The molecule has 2 aliphatic heterocycles. The fourth-order valence-corrected chi connectivity index (χ4v) is 7.53. The minimum absolute atomic E-state index is 0.0242. The summed E-state index contributed by atoms with van der Waals surface area (Å²) in [6, 6.07) is -0.337. The Morgan fingerprint density at radius 2 is 1.84 bits per heavy atom. The van der Waals surface area contributed by atoms with Crippen molar-refractivity contribution in [2.24, 2.45) is 17.8 Å². The molecule has 10 heteroatoms. The number of epoxide rings is 1. The first-order valence-corrected chi connectivity index (χ1v) is 18.5. The number of carbonyl (C=O) groups excluding carboxylic acids is 2. The summed E-state index contributed by atoms with van der Waals surface area (Å²) >= 11 is 0. The van der Waals surface area contributed by atoms with Gasteiger partial charge in [0.1, 0.15) is 23.9 Å². The third-order valence-electron chi connectivity index (χ3n) is 10.8. The smallest absolute Gasteiger partial charge is 0.309 e. The van der Waals surface area contributed by atoms with Crippen LogP contribution in [0.5, 0.6) is 0 Å². The summed E-state index contributed by atoms with van der Waals surface area (Å²) < 4.78 is 23.3. The molecule has 49 heavy (non-hydrogen) atoms. The van der Waals surface area contributed by atoms with Gasteiger partial charge in [0, 0.05) is 25.9 Å². The zero-order valence-corrected chi connectivity index (χ0v) is 31.2. The minimum Gasteiger partial charge on any atom is -0.457 e. The molecule has 0 radical (unpaired) electrons. The molecule has 3 aliphatic rings. The number of methoxy groups -OCH3 is 1. The topological polar surface area (TPSA) is 147 Å². The number of esters is 2. The van der Waals surface area contributed by atoms with E-state index >= 15 is 0 Å². The summed E-state index contributed by atoms with van der Waals surface area (Å²) in [6.45, 7) is 13.4. The van der Waals surface area contributed by atoms with Crippen LogP contribution in [0.4, 0.5) is 0 Å². The number of aliphatic hydroxyl groups excluding tert-OH is 1. The van der Waals surface area contributed by atoms with Gasteiger partial charge in [-0.05, 0) is 77.0 Å². The number of hydrogen-bond donors (Lipinski definition) is 4. The van der Waals surface area contributed by atoms with Crippen LogP contribution < -0.4 is 5.32 Å². The van der Waals surface area contributed by atoms with Crippen molar-refractivity contribution in [1.82, 2.24) is 5.32 Å². The van der Waals surface area contributed by atoms with Crippen LogP contribution in [-0.2, 0) is 28.5 Å². The lowest BCUT2D eigenvalue weighted by Crippen LogP contribution is -2.53. The molecule has 0 amide bonds. The van der Waals surface area contributed by atoms with Crippen molar-refractivity contribution in [3.8, 4) is 0 Å². The number of hydrogen-bond acceptors (Lipinski definition) is 10. The highest BCUT2D eigenvalue weighted by Gasteiger charge is 2.54. The van der Waals surface area contributed by atoms with Crippen molar-refractivity contribution >= 4 is 11.9 Å². The van der Waals surface area contributed by atoms with E-state index in [-0.39, 0.29) is 55.5 Å². The number of ether oxygens (including phenoxy) is 4. The molecule has 2 fully saturated rings. The van der Waals surface area contributed by atoms with E-state index in [0.29, 0.717) is 5.92 Å². The summed E-state index contributed by atoms with van der Waals surface area (Å²) in [5.74, 6) is -0.694. The van der Waals surface area contributed by atoms with E-state index in [1.807, 2.05) is 19.9 Å². The van der Waals surface area contributed by atoms with Crippen LogP contribution in [0.1, 0.15) is 113 Å². The Bertz CT molecular complexity index is 1140. The van der Waals surface area contributed by atoms with Gasteiger partial charge in [-0.2, -0.15) is 0 Å². The number of cyclic esters (lactones) is 1. The third kappa shape index (κ3) is 12.6. The van der Waals surface area contributed by atoms with Gasteiger partial charge in [0.05, 0.1) is 36.4 Å². The van der Waals surface area contributed by atoms with Gasteiger partial charge in [0.25, 0.3) is 0 Å². The van der Waals surface area contributed by atoms with Crippen LogP contribution in [-0.4, -0.2) is 94.8 Å². The Morgan fingerprint density at radius 3 is 2.45 bits per heavy atom. The largest absolute Gasteiger partial charge is 0.457 e. The Balaban J connectivity index is 1.84. The molecule has 1 aliphatic carbocycles. The molecular weight excluding hydrogens is 626 g/mol. The zero-order chi connectivity index (χ0) is 36.4. The lowest BCUT2D eigenvalue weighted by Gasteiger charge is -2.32. The van der Waals surface area contributed by atoms with Crippen molar-refractivity contribution in [2.45, 2.75) is 167 Å². The van der Waals surface area contributed by atoms with Crippen molar-refractivity contribution in [2.75, 3.05) is 13.7 Å². The lowest BCUT2D eigenvalue weighted by atomic mass is 9.86. The summed E-state index contributed by atoms with van der Waals surface area (Å²) in [5, 5.41) is 37.3. The van der Waals surface area contributed by atoms with E-state index in [4.69, 9.17) is 18.9 Å². The van der Waals surface area contributed by atoms with Gasteiger partial charge in [-0.25, -0.2) is 0 Å². The Kier molecular flexibility index (Phi) is 16.0. The Hall–Kier alpha value is -2.08.